The van der Waals surface area contributed by atoms with Crippen LogP contribution in [0.15, 0.2) is 61.2 Å². The molecule has 2 aromatic carbocycles. The monoisotopic (exact) mass is 391 g/mol. The molecule has 1 fully saturated rings. The third-order valence-corrected chi connectivity index (χ3v) is 5.79. The van der Waals surface area contributed by atoms with Gasteiger partial charge in [0.2, 0.25) is 0 Å². The summed E-state index contributed by atoms with van der Waals surface area (Å²) in [4.78, 5) is 19.2. The fourth-order valence-corrected chi connectivity index (χ4v) is 4.07. The van der Waals surface area contributed by atoms with Crippen LogP contribution in [0.5, 0.6) is 0 Å². The zero-order valence-electron chi connectivity index (χ0n) is 16.9. The van der Waals surface area contributed by atoms with Crippen LogP contribution >= 0.6 is 0 Å². The summed E-state index contributed by atoms with van der Waals surface area (Å²) < 4.78 is 5.50. The van der Waals surface area contributed by atoms with E-state index < -0.39 is 0 Å². The maximum absolute atomic E-state index is 12.5. The van der Waals surface area contributed by atoms with Crippen molar-refractivity contribution in [3.05, 3.63) is 77.9 Å². The van der Waals surface area contributed by atoms with Crippen LogP contribution in [0.1, 0.15) is 16.7 Å². The first-order valence-electron chi connectivity index (χ1n) is 10.4. The smallest absolute Gasteiger partial charge is 0.410 e. The highest BCUT2D eigenvalue weighted by Crippen LogP contribution is 2.26. The van der Waals surface area contributed by atoms with E-state index in [0.29, 0.717) is 19.7 Å². The van der Waals surface area contributed by atoms with Gasteiger partial charge in [-0.3, -0.25) is 4.90 Å². The average Bonchev–Trinajstić information content (AvgIpc) is 2.78. The Bertz CT molecular complexity index is 844. The van der Waals surface area contributed by atoms with Gasteiger partial charge in [0.15, 0.2) is 0 Å². The van der Waals surface area contributed by atoms with Crippen molar-refractivity contribution in [2.24, 2.45) is 0 Å². The molecule has 0 N–H and O–H groups in total. The summed E-state index contributed by atoms with van der Waals surface area (Å²) in [6.45, 7) is 10.7. The minimum Gasteiger partial charge on any atom is -0.445 e. The van der Waals surface area contributed by atoms with Crippen molar-refractivity contribution in [2.75, 3.05) is 44.2 Å². The Balaban J connectivity index is 1.33. The van der Waals surface area contributed by atoms with Gasteiger partial charge in [0.25, 0.3) is 0 Å². The lowest BCUT2D eigenvalue weighted by Gasteiger charge is -2.36. The second-order valence-corrected chi connectivity index (χ2v) is 7.74. The predicted octanol–water partition coefficient (Wildman–Crippen LogP) is 3.69. The Morgan fingerprint density at radius 1 is 1.00 bits per heavy atom. The molecule has 0 radical (unpaired) electrons. The van der Waals surface area contributed by atoms with Crippen molar-refractivity contribution in [1.82, 2.24) is 9.80 Å². The third kappa shape index (κ3) is 4.80. The van der Waals surface area contributed by atoms with Crippen LogP contribution < -0.4 is 4.90 Å². The molecule has 2 aromatic rings. The molecule has 5 nitrogen and oxygen atoms in total. The zero-order valence-corrected chi connectivity index (χ0v) is 16.9. The molecule has 2 heterocycles. The molecular formula is C24H29N3O2. The third-order valence-electron chi connectivity index (χ3n) is 5.79. The van der Waals surface area contributed by atoms with Crippen molar-refractivity contribution in [1.29, 1.82) is 0 Å². The first kappa shape index (κ1) is 19.5. The maximum Gasteiger partial charge on any atom is 0.410 e. The van der Waals surface area contributed by atoms with Crippen molar-refractivity contribution in [3.8, 4) is 0 Å². The lowest BCUT2D eigenvalue weighted by atomic mass is 9.99. The van der Waals surface area contributed by atoms with Crippen molar-refractivity contribution < 1.29 is 9.53 Å². The predicted molar refractivity (Wildman–Crippen MR) is 116 cm³/mol. The number of amides is 1. The van der Waals surface area contributed by atoms with Gasteiger partial charge in [-0.2, -0.15) is 0 Å². The molecule has 0 atom stereocenters. The topological polar surface area (TPSA) is 36.0 Å². The zero-order chi connectivity index (χ0) is 20.1. The largest absolute Gasteiger partial charge is 0.445 e. The van der Waals surface area contributed by atoms with Gasteiger partial charge < -0.3 is 14.5 Å². The van der Waals surface area contributed by atoms with E-state index in [-0.39, 0.29) is 6.09 Å². The van der Waals surface area contributed by atoms with Crippen molar-refractivity contribution >= 4 is 11.8 Å². The number of hydrogen-bond donors (Lipinski definition) is 0. The molecule has 0 saturated carbocycles. The highest BCUT2D eigenvalue weighted by Gasteiger charge is 2.23. The SMILES string of the molecule is C=CCN1CCN(c2ccc3c(c2)CCN(C(=O)OCc2ccccc2)C3)CC1. The summed E-state index contributed by atoms with van der Waals surface area (Å²) in [7, 11) is 0. The van der Waals surface area contributed by atoms with E-state index in [1.807, 2.05) is 36.4 Å². The second-order valence-electron chi connectivity index (χ2n) is 7.74. The molecule has 0 unspecified atom stereocenters. The summed E-state index contributed by atoms with van der Waals surface area (Å²) in [6, 6.07) is 16.5. The number of hydrogen-bond acceptors (Lipinski definition) is 4. The first-order chi connectivity index (χ1) is 14.2. The number of carbonyl (C=O) groups excluding carboxylic acids is 1. The minimum absolute atomic E-state index is 0.234. The highest BCUT2D eigenvalue weighted by molar-refractivity contribution is 5.68. The van der Waals surface area contributed by atoms with Gasteiger partial charge in [-0.1, -0.05) is 42.5 Å². The Labute approximate surface area is 173 Å². The molecule has 5 heteroatoms. The van der Waals surface area contributed by atoms with Gasteiger partial charge >= 0.3 is 6.09 Å². The van der Waals surface area contributed by atoms with Gasteiger partial charge in [0, 0.05) is 51.5 Å². The molecular weight excluding hydrogens is 362 g/mol. The van der Waals surface area contributed by atoms with E-state index >= 15 is 0 Å². The van der Waals surface area contributed by atoms with Gasteiger partial charge in [-0.05, 0) is 35.2 Å². The minimum atomic E-state index is -0.234. The highest BCUT2D eigenvalue weighted by atomic mass is 16.6. The maximum atomic E-state index is 12.5. The van der Waals surface area contributed by atoms with E-state index in [0.717, 1.165) is 44.7 Å². The number of rotatable bonds is 5. The lowest BCUT2D eigenvalue weighted by molar-refractivity contribution is 0.0918. The number of anilines is 1. The number of ether oxygens (including phenoxy) is 1. The molecule has 0 aromatic heterocycles. The van der Waals surface area contributed by atoms with Crippen LogP contribution in [0, 0.1) is 0 Å². The van der Waals surface area contributed by atoms with E-state index in [1.54, 1.807) is 4.90 Å². The normalized spacial score (nSPS) is 17.0. The standard InChI is InChI=1S/C24H29N3O2/c1-2-11-25-13-15-26(16-14-25)23-9-8-22-18-27(12-10-21(22)17-23)24(28)29-19-20-6-4-3-5-7-20/h2-9,17H,1,10-16,18-19H2. The van der Waals surface area contributed by atoms with Gasteiger partial charge in [0.05, 0.1) is 0 Å². The molecule has 1 saturated heterocycles. The Morgan fingerprint density at radius 3 is 2.55 bits per heavy atom. The van der Waals surface area contributed by atoms with Crippen LogP contribution in [-0.4, -0.2) is 55.2 Å². The van der Waals surface area contributed by atoms with Crippen molar-refractivity contribution in [2.45, 2.75) is 19.6 Å². The average molecular weight is 392 g/mol. The summed E-state index contributed by atoms with van der Waals surface area (Å²) in [5.74, 6) is 0. The van der Waals surface area contributed by atoms with E-state index in [2.05, 4.69) is 34.6 Å². The molecule has 0 bridgehead atoms. The number of carbonyl (C=O) groups is 1. The number of nitrogens with zero attached hydrogens (tertiary/aromatic N) is 3. The fraction of sp³-hybridized carbons (Fsp3) is 0.375. The number of fused-ring (bicyclic) bond motifs is 1. The van der Waals surface area contributed by atoms with E-state index in [1.165, 1.54) is 16.8 Å². The summed E-state index contributed by atoms with van der Waals surface area (Å²) >= 11 is 0. The Hall–Kier alpha value is -2.79. The molecule has 29 heavy (non-hydrogen) atoms. The first-order valence-corrected chi connectivity index (χ1v) is 10.4. The molecule has 0 aliphatic carbocycles. The number of piperazine rings is 1. The van der Waals surface area contributed by atoms with Crippen LogP contribution in [0.3, 0.4) is 0 Å². The van der Waals surface area contributed by atoms with Crippen molar-refractivity contribution in [3.63, 3.8) is 0 Å². The Kier molecular flexibility index (Phi) is 6.15. The quantitative estimate of drug-likeness (QED) is 0.729. The second kappa shape index (κ2) is 9.14. The summed E-state index contributed by atoms with van der Waals surface area (Å²) in [6.07, 6.45) is 2.62. The number of benzene rings is 2. The van der Waals surface area contributed by atoms with Crippen LogP contribution in [0.4, 0.5) is 10.5 Å². The fourth-order valence-electron chi connectivity index (χ4n) is 4.07. The van der Waals surface area contributed by atoms with E-state index in [4.69, 9.17) is 4.74 Å². The molecule has 1 amide bonds. The Morgan fingerprint density at radius 2 is 1.79 bits per heavy atom. The molecule has 2 aliphatic heterocycles. The van der Waals surface area contributed by atoms with Gasteiger partial charge in [-0.25, -0.2) is 4.79 Å². The summed E-state index contributed by atoms with van der Waals surface area (Å²) in [5.41, 5.74) is 4.88. The van der Waals surface area contributed by atoms with Crippen LogP contribution in [0.25, 0.3) is 0 Å². The summed E-state index contributed by atoms with van der Waals surface area (Å²) in [5, 5.41) is 0. The molecule has 4 rings (SSSR count). The van der Waals surface area contributed by atoms with E-state index in [9.17, 15) is 4.79 Å². The molecule has 152 valence electrons. The van der Waals surface area contributed by atoms with Crippen LogP contribution in [-0.2, 0) is 24.3 Å². The van der Waals surface area contributed by atoms with Gasteiger partial charge in [-0.15, -0.1) is 6.58 Å². The van der Waals surface area contributed by atoms with Crippen LogP contribution in [0.2, 0.25) is 0 Å². The lowest BCUT2D eigenvalue weighted by Crippen LogP contribution is -2.46. The molecule has 0 spiro atoms. The molecule has 2 aliphatic rings. The van der Waals surface area contributed by atoms with Gasteiger partial charge in [0.1, 0.15) is 6.61 Å².